The molecule has 0 bridgehead atoms. The van der Waals surface area contributed by atoms with Crippen molar-refractivity contribution in [1.82, 2.24) is 5.32 Å². The fourth-order valence-corrected chi connectivity index (χ4v) is 3.42. The molecule has 3 N–H and O–H groups in total. The van der Waals surface area contributed by atoms with Crippen molar-refractivity contribution < 1.29 is 27.5 Å². The number of benzene rings is 2. The maximum absolute atomic E-state index is 13.2. The fourth-order valence-electron chi connectivity index (χ4n) is 3.42. The van der Waals surface area contributed by atoms with E-state index in [0.29, 0.717) is 43.2 Å². The molecular weight excluding hydrogens is 449 g/mol. The molecule has 2 aromatic rings. The Bertz CT molecular complexity index is 1010. The molecule has 1 fully saturated rings. The van der Waals surface area contributed by atoms with Crippen molar-refractivity contribution in [2.24, 2.45) is 0 Å². The molecule has 10 heteroatoms. The van der Waals surface area contributed by atoms with Crippen LogP contribution in [0.3, 0.4) is 0 Å². The summed E-state index contributed by atoms with van der Waals surface area (Å²) < 4.78 is 45.0. The van der Waals surface area contributed by atoms with Gasteiger partial charge in [0.1, 0.15) is 0 Å². The number of anilines is 3. The molecule has 184 valence electrons. The predicted octanol–water partition coefficient (Wildman–Crippen LogP) is 4.12. The van der Waals surface area contributed by atoms with E-state index in [9.17, 15) is 22.8 Å². The predicted molar refractivity (Wildman–Crippen MR) is 125 cm³/mol. The summed E-state index contributed by atoms with van der Waals surface area (Å²) in [5.41, 5.74) is 0.479. The third-order valence-electron chi connectivity index (χ3n) is 5.04. The average molecular weight is 479 g/mol. The lowest BCUT2D eigenvalue weighted by Gasteiger charge is -2.31. The summed E-state index contributed by atoms with van der Waals surface area (Å²) in [6.45, 7) is 7.44. The second kappa shape index (κ2) is 10.3. The van der Waals surface area contributed by atoms with Gasteiger partial charge in [0.05, 0.1) is 36.7 Å². The zero-order valence-corrected chi connectivity index (χ0v) is 19.4. The molecule has 1 heterocycles. The molecule has 1 aliphatic rings. The Labute approximate surface area is 196 Å². The van der Waals surface area contributed by atoms with Crippen LogP contribution in [0.25, 0.3) is 0 Å². The van der Waals surface area contributed by atoms with Crippen molar-refractivity contribution in [3.05, 3.63) is 53.6 Å². The monoisotopic (exact) mass is 478 g/mol. The number of amides is 2. The van der Waals surface area contributed by atoms with Gasteiger partial charge >= 0.3 is 6.18 Å². The number of carbonyl (C=O) groups excluding carboxylic acids is 2. The number of ether oxygens (including phenoxy) is 1. The largest absolute Gasteiger partial charge is 0.416 e. The lowest BCUT2D eigenvalue weighted by atomic mass is 10.1. The van der Waals surface area contributed by atoms with Crippen LogP contribution in [0.1, 0.15) is 36.7 Å². The number of rotatable bonds is 6. The zero-order valence-electron chi connectivity index (χ0n) is 19.4. The van der Waals surface area contributed by atoms with E-state index < -0.39 is 17.6 Å². The smallest absolute Gasteiger partial charge is 0.378 e. The highest BCUT2D eigenvalue weighted by atomic mass is 19.4. The van der Waals surface area contributed by atoms with E-state index in [1.54, 1.807) is 24.3 Å². The first-order chi connectivity index (χ1) is 15.9. The Kier molecular flexibility index (Phi) is 7.71. The Balaban J connectivity index is 1.66. The third-order valence-corrected chi connectivity index (χ3v) is 5.04. The van der Waals surface area contributed by atoms with Crippen LogP contribution in [0.2, 0.25) is 0 Å². The van der Waals surface area contributed by atoms with E-state index in [1.807, 2.05) is 25.7 Å². The van der Waals surface area contributed by atoms with Gasteiger partial charge in [0, 0.05) is 29.9 Å². The van der Waals surface area contributed by atoms with Crippen LogP contribution in [0, 0.1) is 0 Å². The molecule has 2 amide bonds. The van der Waals surface area contributed by atoms with E-state index >= 15 is 0 Å². The van der Waals surface area contributed by atoms with Crippen molar-refractivity contribution in [3.8, 4) is 0 Å². The van der Waals surface area contributed by atoms with Crippen molar-refractivity contribution in [1.29, 1.82) is 0 Å². The Hall–Kier alpha value is -3.27. The van der Waals surface area contributed by atoms with Crippen LogP contribution in [0.5, 0.6) is 0 Å². The van der Waals surface area contributed by atoms with Crippen molar-refractivity contribution in [2.75, 3.05) is 48.4 Å². The van der Waals surface area contributed by atoms with E-state index in [1.165, 1.54) is 6.07 Å². The quantitative estimate of drug-likeness (QED) is 0.582. The minimum atomic E-state index is -4.53. The molecule has 1 aliphatic heterocycles. The normalized spacial score (nSPS) is 14.5. The maximum Gasteiger partial charge on any atom is 0.416 e. The Morgan fingerprint density at radius 3 is 2.24 bits per heavy atom. The lowest BCUT2D eigenvalue weighted by molar-refractivity contribution is -0.137. The van der Waals surface area contributed by atoms with Crippen LogP contribution in [0.15, 0.2) is 42.5 Å². The van der Waals surface area contributed by atoms with Gasteiger partial charge in [-0.1, -0.05) is 0 Å². The van der Waals surface area contributed by atoms with E-state index in [-0.39, 0.29) is 23.7 Å². The van der Waals surface area contributed by atoms with Gasteiger partial charge in [-0.25, -0.2) is 0 Å². The summed E-state index contributed by atoms with van der Waals surface area (Å²) in [5.74, 6) is -0.708. The first-order valence-electron chi connectivity index (χ1n) is 10.9. The number of halogens is 3. The first-order valence-corrected chi connectivity index (χ1v) is 10.9. The lowest BCUT2D eigenvalue weighted by Crippen LogP contribution is -2.40. The number of hydrogen-bond donors (Lipinski definition) is 3. The van der Waals surface area contributed by atoms with Gasteiger partial charge in [0.15, 0.2) is 0 Å². The minimum absolute atomic E-state index is 0.0951. The van der Waals surface area contributed by atoms with Crippen LogP contribution < -0.4 is 20.9 Å². The standard InChI is InChI=1S/C24H29F3N4O3/c1-23(2,3)30-22(33)16-4-7-18(8-5-16)28-15-21(32)29-19-14-17(24(25,26)27)6-9-20(19)31-10-12-34-13-11-31/h4-9,14,28H,10-13,15H2,1-3H3,(H,29,32)(H,30,33). The Morgan fingerprint density at radius 1 is 1.00 bits per heavy atom. The van der Waals surface area contributed by atoms with E-state index in [2.05, 4.69) is 16.0 Å². The van der Waals surface area contributed by atoms with Gasteiger partial charge in [-0.05, 0) is 63.2 Å². The van der Waals surface area contributed by atoms with Crippen molar-refractivity contribution in [3.63, 3.8) is 0 Å². The highest BCUT2D eigenvalue weighted by Gasteiger charge is 2.32. The Morgan fingerprint density at radius 2 is 1.65 bits per heavy atom. The summed E-state index contributed by atoms with van der Waals surface area (Å²) in [5, 5.41) is 8.39. The van der Waals surface area contributed by atoms with Gasteiger partial charge in [-0.2, -0.15) is 13.2 Å². The molecule has 0 aliphatic carbocycles. The van der Waals surface area contributed by atoms with E-state index in [4.69, 9.17) is 4.74 Å². The molecular formula is C24H29F3N4O3. The number of carbonyl (C=O) groups is 2. The molecule has 1 saturated heterocycles. The maximum atomic E-state index is 13.2. The molecule has 2 aromatic carbocycles. The molecule has 0 atom stereocenters. The molecule has 0 spiro atoms. The fraction of sp³-hybridized carbons (Fsp3) is 0.417. The summed E-state index contributed by atoms with van der Waals surface area (Å²) in [6.07, 6.45) is -4.53. The second-order valence-electron chi connectivity index (χ2n) is 9.01. The second-order valence-corrected chi connectivity index (χ2v) is 9.01. The summed E-state index contributed by atoms with van der Waals surface area (Å²) in [4.78, 5) is 26.6. The van der Waals surface area contributed by atoms with Gasteiger partial charge in [0.2, 0.25) is 5.91 Å². The van der Waals surface area contributed by atoms with Gasteiger partial charge in [-0.15, -0.1) is 0 Å². The zero-order chi connectivity index (χ0) is 24.9. The van der Waals surface area contributed by atoms with Crippen LogP contribution in [-0.2, 0) is 15.7 Å². The highest BCUT2D eigenvalue weighted by Crippen LogP contribution is 2.35. The summed E-state index contributed by atoms with van der Waals surface area (Å²) in [7, 11) is 0. The van der Waals surface area contributed by atoms with Crippen molar-refractivity contribution >= 4 is 28.9 Å². The van der Waals surface area contributed by atoms with Crippen LogP contribution >= 0.6 is 0 Å². The number of hydrogen-bond acceptors (Lipinski definition) is 5. The molecule has 3 rings (SSSR count). The molecule has 34 heavy (non-hydrogen) atoms. The molecule has 0 saturated carbocycles. The number of morpholine rings is 1. The molecule has 0 unspecified atom stereocenters. The average Bonchev–Trinajstić information content (AvgIpc) is 2.77. The summed E-state index contributed by atoms with van der Waals surface area (Å²) in [6, 6.07) is 9.91. The number of nitrogens with one attached hydrogen (secondary N) is 3. The van der Waals surface area contributed by atoms with Crippen molar-refractivity contribution in [2.45, 2.75) is 32.5 Å². The highest BCUT2D eigenvalue weighted by molar-refractivity contribution is 5.97. The minimum Gasteiger partial charge on any atom is -0.378 e. The first kappa shape index (κ1) is 25.4. The topological polar surface area (TPSA) is 82.7 Å². The van der Waals surface area contributed by atoms with Gasteiger partial charge in [0.25, 0.3) is 5.91 Å². The van der Waals surface area contributed by atoms with E-state index in [0.717, 1.165) is 12.1 Å². The number of nitrogens with zero attached hydrogens (tertiary/aromatic N) is 1. The van der Waals surface area contributed by atoms with Gasteiger partial charge in [-0.3, -0.25) is 9.59 Å². The summed E-state index contributed by atoms with van der Waals surface area (Å²) >= 11 is 0. The number of alkyl halides is 3. The third kappa shape index (κ3) is 7.11. The molecule has 0 aromatic heterocycles. The van der Waals surface area contributed by atoms with Crippen LogP contribution in [-0.4, -0.2) is 50.2 Å². The molecule has 7 nitrogen and oxygen atoms in total. The van der Waals surface area contributed by atoms with Crippen LogP contribution in [0.4, 0.5) is 30.2 Å². The molecule has 0 radical (unpaired) electrons. The SMILES string of the molecule is CC(C)(C)NC(=O)c1ccc(NCC(=O)Nc2cc(C(F)(F)F)ccc2N2CCOCC2)cc1. The van der Waals surface area contributed by atoms with Gasteiger partial charge < -0.3 is 25.6 Å².